The number of pyridine rings is 1. The molecule has 0 unspecified atom stereocenters. The lowest BCUT2D eigenvalue weighted by molar-refractivity contribution is 0.0739. The van der Waals surface area contributed by atoms with Gasteiger partial charge >= 0.3 is 0 Å². The minimum absolute atomic E-state index is 0.0196. The molecule has 4 rings (SSSR count). The molecule has 1 aliphatic heterocycles. The van der Waals surface area contributed by atoms with Crippen LogP contribution in [0.2, 0.25) is 0 Å². The zero-order valence-electron chi connectivity index (χ0n) is 14.9. The molecule has 0 bridgehead atoms. The molecule has 2 aromatic heterocycles. The zero-order valence-corrected chi connectivity index (χ0v) is 14.9. The van der Waals surface area contributed by atoms with Gasteiger partial charge in [-0.1, -0.05) is 18.2 Å². The van der Waals surface area contributed by atoms with Crippen LogP contribution in [-0.2, 0) is 0 Å². The number of anilines is 1. The van der Waals surface area contributed by atoms with Gasteiger partial charge in [-0.2, -0.15) is 0 Å². The molecule has 0 spiro atoms. The van der Waals surface area contributed by atoms with E-state index in [-0.39, 0.29) is 11.7 Å². The summed E-state index contributed by atoms with van der Waals surface area (Å²) in [4.78, 5) is 21.4. The topological polar surface area (TPSA) is 40.9 Å². The molecule has 3 aromatic rings. The molecule has 1 saturated heterocycles. The molecule has 0 saturated carbocycles. The summed E-state index contributed by atoms with van der Waals surface area (Å²) in [7, 11) is 0. The van der Waals surface area contributed by atoms with Crippen molar-refractivity contribution in [3.8, 4) is 0 Å². The van der Waals surface area contributed by atoms with Gasteiger partial charge in [0.15, 0.2) is 0 Å². The first-order chi connectivity index (χ1) is 12.5. The van der Waals surface area contributed by atoms with Gasteiger partial charge in [0, 0.05) is 32.4 Å². The Bertz CT molecular complexity index is 973. The summed E-state index contributed by atoms with van der Waals surface area (Å²) < 4.78 is 15.9. The summed E-state index contributed by atoms with van der Waals surface area (Å²) in [6.45, 7) is 6.21. The summed E-state index contributed by atoms with van der Waals surface area (Å²) in [5.41, 5.74) is 3.80. The average Bonchev–Trinajstić information content (AvgIpc) is 2.97. The van der Waals surface area contributed by atoms with Crippen LogP contribution in [0.4, 0.5) is 10.1 Å². The van der Waals surface area contributed by atoms with Crippen molar-refractivity contribution in [3.05, 3.63) is 65.4 Å². The maximum atomic E-state index is 14.0. The first-order valence-corrected chi connectivity index (χ1v) is 8.78. The number of piperazine rings is 1. The van der Waals surface area contributed by atoms with Crippen LogP contribution >= 0.6 is 0 Å². The molecule has 0 radical (unpaired) electrons. The number of aryl methyl sites for hydroxylation is 2. The van der Waals surface area contributed by atoms with Crippen molar-refractivity contribution < 1.29 is 9.18 Å². The predicted octanol–water partition coefficient (Wildman–Crippen LogP) is 3.05. The second kappa shape index (κ2) is 6.44. The number of halogens is 1. The molecule has 26 heavy (non-hydrogen) atoms. The number of imidazole rings is 1. The highest BCUT2D eigenvalue weighted by Crippen LogP contribution is 2.22. The number of amides is 1. The molecule has 1 fully saturated rings. The highest BCUT2D eigenvalue weighted by atomic mass is 19.1. The number of para-hydroxylation sites is 1. The highest BCUT2D eigenvalue weighted by Gasteiger charge is 2.27. The number of benzene rings is 1. The second-order valence-electron chi connectivity index (χ2n) is 6.71. The van der Waals surface area contributed by atoms with Crippen molar-refractivity contribution in [1.29, 1.82) is 0 Å². The van der Waals surface area contributed by atoms with Crippen LogP contribution in [0.1, 0.15) is 21.7 Å². The van der Waals surface area contributed by atoms with Gasteiger partial charge in [0.2, 0.25) is 0 Å². The fraction of sp³-hybridized carbons (Fsp3) is 0.300. The Kier molecular flexibility index (Phi) is 4.11. The van der Waals surface area contributed by atoms with Gasteiger partial charge in [0.25, 0.3) is 5.91 Å². The number of carbonyl (C=O) groups excluding carboxylic acids is 1. The molecule has 134 valence electrons. The second-order valence-corrected chi connectivity index (χ2v) is 6.71. The Labute approximate surface area is 151 Å². The van der Waals surface area contributed by atoms with E-state index in [2.05, 4.69) is 4.98 Å². The molecule has 0 N–H and O–H groups in total. The van der Waals surface area contributed by atoms with Crippen LogP contribution in [0.3, 0.4) is 0 Å². The van der Waals surface area contributed by atoms with Gasteiger partial charge in [-0.25, -0.2) is 9.37 Å². The Morgan fingerprint density at radius 3 is 2.50 bits per heavy atom. The van der Waals surface area contributed by atoms with Crippen molar-refractivity contribution in [1.82, 2.24) is 14.3 Å². The number of fused-ring (bicyclic) bond motifs is 1. The van der Waals surface area contributed by atoms with E-state index in [9.17, 15) is 9.18 Å². The molecule has 6 heteroatoms. The van der Waals surface area contributed by atoms with Gasteiger partial charge in [-0.3, -0.25) is 9.20 Å². The fourth-order valence-corrected chi connectivity index (χ4v) is 3.53. The van der Waals surface area contributed by atoms with E-state index in [1.807, 2.05) is 52.4 Å². The van der Waals surface area contributed by atoms with Gasteiger partial charge in [-0.05, 0) is 37.6 Å². The van der Waals surface area contributed by atoms with Crippen LogP contribution in [-0.4, -0.2) is 46.4 Å². The monoisotopic (exact) mass is 352 g/mol. The van der Waals surface area contributed by atoms with Gasteiger partial charge in [0.05, 0.1) is 11.4 Å². The Hall–Kier alpha value is -2.89. The van der Waals surface area contributed by atoms with E-state index in [4.69, 9.17) is 0 Å². The third-order valence-corrected chi connectivity index (χ3v) is 4.90. The molecule has 3 heterocycles. The minimum atomic E-state index is -0.222. The molecule has 1 aromatic carbocycles. The van der Waals surface area contributed by atoms with Crippen molar-refractivity contribution in [2.45, 2.75) is 13.8 Å². The lowest BCUT2D eigenvalue weighted by Gasteiger charge is -2.36. The van der Waals surface area contributed by atoms with E-state index < -0.39 is 0 Å². The van der Waals surface area contributed by atoms with Crippen molar-refractivity contribution in [3.63, 3.8) is 0 Å². The molecule has 5 nitrogen and oxygen atoms in total. The highest BCUT2D eigenvalue weighted by molar-refractivity contribution is 5.95. The predicted molar refractivity (Wildman–Crippen MR) is 99.2 cm³/mol. The summed E-state index contributed by atoms with van der Waals surface area (Å²) in [5, 5.41) is 0. The summed E-state index contributed by atoms with van der Waals surface area (Å²) in [6.07, 6.45) is 1.94. The number of hydrogen-bond acceptors (Lipinski definition) is 3. The van der Waals surface area contributed by atoms with Crippen LogP contribution in [0.25, 0.3) is 5.65 Å². The van der Waals surface area contributed by atoms with E-state index in [0.29, 0.717) is 37.6 Å². The maximum Gasteiger partial charge on any atom is 0.272 e. The molecular weight excluding hydrogens is 331 g/mol. The van der Waals surface area contributed by atoms with Crippen LogP contribution < -0.4 is 4.90 Å². The first-order valence-electron chi connectivity index (χ1n) is 8.78. The summed E-state index contributed by atoms with van der Waals surface area (Å²) >= 11 is 0. The molecule has 0 aliphatic carbocycles. The smallest absolute Gasteiger partial charge is 0.272 e. The van der Waals surface area contributed by atoms with Gasteiger partial charge in [-0.15, -0.1) is 0 Å². The molecular formula is C20H21FN4O. The normalized spacial score (nSPS) is 14.9. The quantitative estimate of drug-likeness (QED) is 0.712. The number of aromatic nitrogens is 2. The number of hydrogen-bond donors (Lipinski definition) is 0. The molecule has 0 atom stereocenters. The Morgan fingerprint density at radius 2 is 1.77 bits per heavy atom. The molecule has 1 amide bonds. The third kappa shape index (κ3) is 2.81. The van der Waals surface area contributed by atoms with Crippen LogP contribution in [0.5, 0.6) is 0 Å². The minimum Gasteiger partial charge on any atom is -0.366 e. The zero-order chi connectivity index (χ0) is 18.3. The van der Waals surface area contributed by atoms with Crippen LogP contribution in [0, 0.1) is 19.7 Å². The summed E-state index contributed by atoms with van der Waals surface area (Å²) in [6, 6.07) is 10.7. The largest absolute Gasteiger partial charge is 0.366 e. The fourth-order valence-electron chi connectivity index (χ4n) is 3.53. The van der Waals surface area contributed by atoms with E-state index >= 15 is 0 Å². The van der Waals surface area contributed by atoms with E-state index in [1.54, 1.807) is 12.1 Å². The number of carbonyl (C=O) groups is 1. The average molecular weight is 352 g/mol. The first kappa shape index (κ1) is 16.6. The lowest BCUT2D eigenvalue weighted by atomic mass is 10.2. The van der Waals surface area contributed by atoms with E-state index in [0.717, 1.165) is 16.9 Å². The van der Waals surface area contributed by atoms with Gasteiger partial charge in [0.1, 0.15) is 17.2 Å². The Morgan fingerprint density at radius 1 is 1.04 bits per heavy atom. The van der Waals surface area contributed by atoms with E-state index in [1.165, 1.54) is 6.07 Å². The Balaban J connectivity index is 1.55. The SMILES string of the molecule is Cc1ccc2nc(C)c(C(=O)N3CCN(c4ccccc4F)CC3)n2c1. The maximum absolute atomic E-state index is 14.0. The number of nitrogens with zero attached hydrogens (tertiary/aromatic N) is 4. The van der Waals surface area contributed by atoms with Crippen molar-refractivity contribution in [2.24, 2.45) is 0 Å². The van der Waals surface area contributed by atoms with Gasteiger partial charge < -0.3 is 9.80 Å². The van der Waals surface area contributed by atoms with Crippen molar-refractivity contribution >= 4 is 17.2 Å². The lowest BCUT2D eigenvalue weighted by Crippen LogP contribution is -2.49. The standard InChI is InChI=1S/C20H21FN4O/c1-14-7-8-18-22-15(2)19(25(18)13-14)20(26)24-11-9-23(10-12-24)17-6-4-3-5-16(17)21/h3-8,13H,9-12H2,1-2H3. The molecule has 1 aliphatic rings. The number of rotatable bonds is 2. The van der Waals surface area contributed by atoms with Crippen molar-refractivity contribution in [2.75, 3.05) is 31.1 Å². The summed E-state index contributed by atoms with van der Waals surface area (Å²) in [5.74, 6) is -0.242. The van der Waals surface area contributed by atoms with Crippen LogP contribution in [0.15, 0.2) is 42.6 Å². The third-order valence-electron chi connectivity index (χ3n) is 4.90.